The summed E-state index contributed by atoms with van der Waals surface area (Å²) in [5, 5.41) is 0. The van der Waals surface area contributed by atoms with Gasteiger partial charge in [-0.05, 0) is 36.4 Å². The molecule has 0 saturated heterocycles. The number of ketones is 1. The summed E-state index contributed by atoms with van der Waals surface area (Å²) in [5.41, 5.74) is 0.864. The second-order valence-corrected chi connectivity index (χ2v) is 5.90. The van der Waals surface area contributed by atoms with Crippen molar-refractivity contribution in [1.82, 2.24) is 0 Å². The van der Waals surface area contributed by atoms with Gasteiger partial charge in [0.25, 0.3) is 0 Å². The van der Waals surface area contributed by atoms with E-state index < -0.39 is 11.8 Å². The van der Waals surface area contributed by atoms with Gasteiger partial charge in [0, 0.05) is 17.5 Å². The van der Waals surface area contributed by atoms with Crippen LogP contribution >= 0.6 is 0 Å². The van der Waals surface area contributed by atoms with E-state index in [-0.39, 0.29) is 25.2 Å². The third kappa shape index (κ3) is 4.75. The average Bonchev–Trinajstić information content (AvgIpc) is 2.70. The molecule has 1 aliphatic heterocycles. The van der Waals surface area contributed by atoms with Crippen LogP contribution in [-0.4, -0.2) is 32.1 Å². The number of ether oxygens (including phenoxy) is 4. The molecule has 0 fully saturated rings. The van der Waals surface area contributed by atoms with Crippen LogP contribution in [-0.2, 0) is 16.1 Å². The normalized spacial score (nSPS) is 12.4. The van der Waals surface area contributed by atoms with Crippen molar-refractivity contribution in [2.75, 3.05) is 20.3 Å². The molecule has 0 unspecified atom stereocenters. The zero-order valence-electron chi connectivity index (χ0n) is 14.8. The molecule has 6 nitrogen and oxygen atoms in total. The van der Waals surface area contributed by atoms with Crippen molar-refractivity contribution in [3.63, 3.8) is 0 Å². The van der Waals surface area contributed by atoms with E-state index in [1.54, 1.807) is 18.2 Å². The Balaban J connectivity index is 1.52. The number of carbonyl (C=O) groups excluding carboxylic acids is 2. The zero-order chi connectivity index (χ0) is 19.2. The minimum absolute atomic E-state index is 0.00123. The van der Waals surface area contributed by atoms with Gasteiger partial charge in [0.2, 0.25) is 0 Å². The zero-order valence-corrected chi connectivity index (χ0v) is 14.8. The molecule has 3 rings (SSSR count). The standard InChI is InChI=1S/C20H19FO6/c1-24-17-6-3-15(21)10-14(17)12-27-20(23)7-4-16(22)13-2-5-18-19(11-13)26-9-8-25-18/h2-3,5-6,10-11H,4,7-9,12H2,1H3. The topological polar surface area (TPSA) is 71.1 Å². The lowest BCUT2D eigenvalue weighted by molar-refractivity contribution is -0.144. The van der Waals surface area contributed by atoms with Crippen molar-refractivity contribution >= 4 is 11.8 Å². The van der Waals surface area contributed by atoms with Crippen LogP contribution in [0.15, 0.2) is 36.4 Å². The molecule has 2 aromatic rings. The van der Waals surface area contributed by atoms with Crippen LogP contribution in [0.1, 0.15) is 28.8 Å². The first kappa shape index (κ1) is 18.7. The fourth-order valence-corrected chi connectivity index (χ4v) is 2.67. The smallest absolute Gasteiger partial charge is 0.306 e. The van der Waals surface area contributed by atoms with E-state index in [1.165, 1.54) is 25.3 Å². The number of hydrogen-bond donors (Lipinski definition) is 0. The third-order valence-electron chi connectivity index (χ3n) is 4.05. The predicted octanol–water partition coefficient (Wildman–Crippen LogP) is 3.31. The maximum absolute atomic E-state index is 13.3. The van der Waals surface area contributed by atoms with E-state index in [1.807, 2.05) is 0 Å². The number of rotatable bonds is 7. The van der Waals surface area contributed by atoms with Crippen LogP contribution in [0.2, 0.25) is 0 Å². The van der Waals surface area contributed by atoms with Gasteiger partial charge >= 0.3 is 5.97 Å². The molecule has 0 radical (unpaired) electrons. The summed E-state index contributed by atoms with van der Waals surface area (Å²) in [6, 6.07) is 8.89. The molecule has 0 saturated carbocycles. The molecule has 0 aliphatic carbocycles. The summed E-state index contributed by atoms with van der Waals surface area (Å²) < 4.78 is 34.4. The Hall–Kier alpha value is -3.09. The largest absolute Gasteiger partial charge is 0.496 e. The van der Waals surface area contributed by atoms with Crippen LogP contribution in [0.5, 0.6) is 17.2 Å². The van der Waals surface area contributed by atoms with E-state index >= 15 is 0 Å². The molecule has 0 N–H and O–H groups in total. The minimum atomic E-state index is -0.549. The first-order chi connectivity index (χ1) is 13.1. The van der Waals surface area contributed by atoms with Crippen LogP contribution in [0.25, 0.3) is 0 Å². The van der Waals surface area contributed by atoms with Crippen molar-refractivity contribution in [3.8, 4) is 17.2 Å². The van der Waals surface area contributed by atoms with Crippen molar-refractivity contribution < 1.29 is 32.9 Å². The molecule has 27 heavy (non-hydrogen) atoms. The maximum atomic E-state index is 13.3. The number of carbonyl (C=O) groups is 2. The average molecular weight is 374 g/mol. The SMILES string of the molecule is COc1ccc(F)cc1COC(=O)CCC(=O)c1ccc2c(c1)OCCO2. The molecular formula is C20H19FO6. The Labute approximate surface area is 155 Å². The molecule has 7 heteroatoms. The molecule has 1 heterocycles. The van der Waals surface area contributed by atoms with Crippen molar-refractivity contribution in [2.45, 2.75) is 19.4 Å². The van der Waals surface area contributed by atoms with Crippen LogP contribution in [0, 0.1) is 5.82 Å². The van der Waals surface area contributed by atoms with Crippen LogP contribution in [0.4, 0.5) is 4.39 Å². The lowest BCUT2D eigenvalue weighted by atomic mass is 10.1. The quantitative estimate of drug-likeness (QED) is 0.547. The fraction of sp³-hybridized carbons (Fsp3) is 0.300. The van der Waals surface area contributed by atoms with E-state index in [9.17, 15) is 14.0 Å². The maximum Gasteiger partial charge on any atom is 0.306 e. The number of methoxy groups -OCH3 is 1. The lowest BCUT2D eigenvalue weighted by Gasteiger charge is -2.18. The molecule has 0 atom stereocenters. The number of halogens is 1. The highest BCUT2D eigenvalue weighted by molar-refractivity contribution is 5.98. The Kier molecular flexibility index (Phi) is 5.90. The fourth-order valence-electron chi connectivity index (χ4n) is 2.67. The highest BCUT2D eigenvalue weighted by Crippen LogP contribution is 2.31. The molecule has 0 bridgehead atoms. The van der Waals surface area contributed by atoms with Gasteiger partial charge in [-0.25, -0.2) is 4.39 Å². The Bertz CT molecular complexity index is 848. The van der Waals surface area contributed by atoms with Crippen molar-refractivity contribution in [2.24, 2.45) is 0 Å². The van der Waals surface area contributed by atoms with Gasteiger partial charge in [-0.1, -0.05) is 0 Å². The monoisotopic (exact) mass is 374 g/mol. The number of fused-ring (bicyclic) bond motifs is 1. The van der Waals surface area contributed by atoms with Gasteiger partial charge in [0.1, 0.15) is 31.4 Å². The summed E-state index contributed by atoms with van der Waals surface area (Å²) in [7, 11) is 1.45. The van der Waals surface area contributed by atoms with E-state index in [0.717, 1.165) is 0 Å². The third-order valence-corrected chi connectivity index (χ3v) is 4.05. The Morgan fingerprint density at radius 2 is 1.81 bits per heavy atom. The molecule has 1 aliphatic rings. The van der Waals surface area contributed by atoms with Crippen molar-refractivity contribution in [1.29, 1.82) is 0 Å². The first-order valence-electron chi connectivity index (χ1n) is 8.47. The Morgan fingerprint density at radius 1 is 1.04 bits per heavy atom. The summed E-state index contributed by atoms with van der Waals surface area (Å²) in [5.74, 6) is 0.348. The molecular weight excluding hydrogens is 355 g/mol. The highest BCUT2D eigenvalue weighted by Gasteiger charge is 2.16. The van der Waals surface area contributed by atoms with Gasteiger partial charge in [-0.2, -0.15) is 0 Å². The second-order valence-electron chi connectivity index (χ2n) is 5.90. The summed E-state index contributed by atoms with van der Waals surface area (Å²) in [6.07, 6.45) is -0.0797. The Morgan fingerprint density at radius 3 is 2.59 bits per heavy atom. The van der Waals surface area contributed by atoms with Gasteiger partial charge in [0.15, 0.2) is 17.3 Å². The van der Waals surface area contributed by atoms with Gasteiger partial charge < -0.3 is 18.9 Å². The van der Waals surface area contributed by atoms with Crippen LogP contribution < -0.4 is 14.2 Å². The number of esters is 1. The van der Waals surface area contributed by atoms with E-state index in [0.29, 0.717) is 41.6 Å². The predicted molar refractivity (Wildman–Crippen MR) is 93.7 cm³/mol. The van der Waals surface area contributed by atoms with Gasteiger partial charge in [-0.15, -0.1) is 0 Å². The molecule has 0 amide bonds. The number of benzene rings is 2. The van der Waals surface area contributed by atoms with E-state index in [4.69, 9.17) is 18.9 Å². The highest BCUT2D eigenvalue weighted by atomic mass is 19.1. The minimum Gasteiger partial charge on any atom is -0.496 e. The molecule has 0 spiro atoms. The molecule has 0 aromatic heterocycles. The number of hydrogen-bond acceptors (Lipinski definition) is 6. The van der Waals surface area contributed by atoms with Crippen molar-refractivity contribution in [3.05, 3.63) is 53.3 Å². The molecule has 2 aromatic carbocycles. The summed E-state index contributed by atoms with van der Waals surface area (Å²) in [6.45, 7) is 0.778. The van der Waals surface area contributed by atoms with Crippen LogP contribution in [0.3, 0.4) is 0 Å². The summed E-state index contributed by atoms with van der Waals surface area (Å²) in [4.78, 5) is 24.2. The summed E-state index contributed by atoms with van der Waals surface area (Å²) >= 11 is 0. The lowest BCUT2D eigenvalue weighted by Crippen LogP contribution is -2.16. The second kappa shape index (κ2) is 8.53. The first-order valence-corrected chi connectivity index (χ1v) is 8.47. The van der Waals surface area contributed by atoms with E-state index in [2.05, 4.69) is 0 Å². The molecule has 142 valence electrons. The number of Topliss-reactive ketones (excluding diaryl/α,β-unsaturated/α-hetero) is 1. The van der Waals surface area contributed by atoms with Gasteiger partial charge in [0.05, 0.1) is 13.5 Å². The van der Waals surface area contributed by atoms with Gasteiger partial charge in [-0.3, -0.25) is 9.59 Å².